The van der Waals surface area contributed by atoms with Gasteiger partial charge in [0.05, 0.1) is 11.7 Å². The molecule has 0 radical (unpaired) electrons. The predicted octanol–water partition coefficient (Wildman–Crippen LogP) is 3.65. The fraction of sp³-hybridized carbons (Fsp3) is 0.560. The van der Waals surface area contributed by atoms with Crippen LogP contribution in [0.1, 0.15) is 63.5 Å². The second-order valence-corrected chi connectivity index (χ2v) is 9.38. The number of benzene rings is 1. The summed E-state index contributed by atoms with van der Waals surface area (Å²) in [5.74, 6) is 0.810. The topological polar surface area (TPSA) is 76.6 Å². The van der Waals surface area contributed by atoms with Gasteiger partial charge in [0.25, 0.3) is 5.56 Å². The zero-order chi connectivity index (χ0) is 22.1. The molecule has 1 N–H and O–H groups in total. The number of aromatic nitrogens is 2. The van der Waals surface area contributed by atoms with Gasteiger partial charge in [0, 0.05) is 24.7 Å². The molecule has 6 nitrogen and oxygen atoms in total. The monoisotopic (exact) mass is 423 g/mol. The normalized spacial score (nSPS) is 22.7. The number of fused-ring (bicyclic) bond motifs is 1. The number of aliphatic hydroxyl groups excluding tert-OH is 1. The molecule has 1 aliphatic heterocycles. The summed E-state index contributed by atoms with van der Waals surface area (Å²) in [7, 11) is 0. The second kappa shape index (κ2) is 8.95. The van der Waals surface area contributed by atoms with Gasteiger partial charge in [-0.25, -0.2) is 9.79 Å². The molecule has 0 saturated heterocycles. The molecule has 2 aromatic rings. The molecule has 4 rings (SSSR count). The van der Waals surface area contributed by atoms with E-state index in [1.54, 1.807) is 4.57 Å². The van der Waals surface area contributed by atoms with Crippen LogP contribution in [0.4, 0.5) is 5.82 Å². The lowest BCUT2D eigenvalue weighted by molar-refractivity contribution is 0.136. The fourth-order valence-electron chi connectivity index (χ4n) is 5.11. The molecular formula is C25H33N3O3. The van der Waals surface area contributed by atoms with E-state index >= 15 is 0 Å². The summed E-state index contributed by atoms with van der Waals surface area (Å²) in [6.07, 6.45) is 3.87. The van der Waals surface area contributed by atoms with Gasteiger partial charge >= 0.3 is 5.69 Å². The van der Waals surface area contributed by atoms with Crippen LogP contribution >= 0.6 is 0 Å². The Morgan fingerprint density at radius 2 is 1.84 bits per heavy atom. The number of nitrogens with zero attached hydrogens (tertiary/aromatic N) is 3. The van der Waals surface area contributed by atoms with E-state index in [-0.39, 0.29) is 35.1 Å². The molecule has 3 atom stereocenters. The Balaban J connectivity index is 1.85. The Kier molecular flexibility index (Phi) is 6.28. The van der Waals surface area contributed by atoms with Crippen LogP contribution in [0.15, 0.2) is 44.9 Å². The van der Waals surface area contributed by atoms with Gasteiger partial charge < -0.3 is 5.11 Å². The van der Waals surface area contributed by atoms with E-state index < -0.39 is 0 Å². The molecule has 2 aliphatic rings. The lowest BCUT2D eigenvalue weighted by atomic mass is 9.85. The Bertz CT molecular complexity index is 1080. The zero-order valence-electron chi connectivity index (χ0n) is 18.8. The molecule has 1 fully saturated rings. The van der Waals surface area contributed by atoms with Crippen molar-refractivity contribution in [2.24, 2.45) is 16.8 Å². The quantitative estimate of drug-likeness (QED) is 0.738. The third-order valence-electron chi connectivity index (χ3n) is 6.67. The summed E-state index contributed by atoms with van der Waals surface area (Å²) in [6, 6.07) is 10.1. The second-order valence-electron chi connectivity index (χ2n) is 9.38. The molecule has 1 aliphatic carbocycles. The lowest BCUT2D eigenvalue weighted by Gasteiger charge is -2.20. The molecule has 3 unspecified atom stereocenters. The summed E-state index contributed by atoms with van der Waals surface area (Å²) in [6.45, 7) is 6.85. The molecule has 2 heterocycles. The van der Waals surface area contributed by atoms with Gasteiger partial charge in [0.2, 0.25) is 0 Å². The van der Waals surface area contributed by atoms with Crippen molar-refractivity contribution in [2.45, 2.75) is 78.0 Å². The minimum Gasteiger partial charge on any atom is -0.393 e. The van der Waals surface area contributed by atoms with E-state index in [1.807, 2.05) is 25.1 Å². The minimum absolute atomic E-state index is 0.158. The van der Waals surface area contributed by atoms with Crippen molar-refractivity contribution < 1.29 is 5.11 Å². The van der Waals surface area contributed by atoms with E-state index in [1.165, 1.54) is 4.57 Å². The van der Waals surface area contributed by atoms with E-state index in [4.69, 9.17) is 4.99 Å². The van der Waals surface area contributed by atoms with E-state index in [9.17, 15) is 14.7 Å². The van der Waals surface area contributed by atoms with Crippen molar-refractivity contribution in [3.63, 3.8) is 0 Å². The first-order valence-electron chi connectivity index (χ1n) is 11.6. The maximum absolute atomic E-state index is 13.4. The first-order chi connectivity index (χ1) is 14.9. The highest BCUT2D eigenvalue weighted by Gasteiger charge is 2.37. The van der Waals surface area contributed by atoms with Crippen molar-refractivity contribution >= 4 is 11.5 Å². The van der Waals surface area contributed by atoms with Gasteiger partial charge in [-0.3, -0.25) is 13.9 Å². The average Bonchev–Trinajstić information content (AvgIpc) is 3.30. The molecule has 31 heavy (non-hydrogen) atoms. The molecule has 1 aromatic heterocycles. The highest BCUT2D eigenvalue weighted by atomic mass is 16.3. The maximum atomic E-state index is 13.4. The number of hydrogen-bond acceptors (Lipinski definition) is 4. The predicted molar refractivity (Wildman–Crippen MR) is 123 cm³/mol. The van der Waals surface area contributed by atoms with E-state index in [2.05, 4.69) is 26.0 Å². The summed E-state index contributed by atoms with van der Waals surface area (Å²) in [4.78, 5) is 31.5. The number of aliphatic hydroxyl groups is 1. The number of aliphatic imine (C=N–C) groups is 1. The first-order valence-corrected chi connectivity index (χ1v) is 11.6. The van der Waals surface area contributed by atoms with E-state index in [0.717, 1.165) is 30.5 Å². The third kappa shape index (κ3) is 4.18. The van der Waals surface area contributed by atoms with E-state index in [0.29, 0.717) is 37.3 Å². The van der Waals surface area contributed by atoms with Gasteiger partial charge in [0.1, 0.15) is 5.82 Å². The number of rotatable bonds is 7. The molecule has 0 bridgehead atoms. The van der Waals surface area contributed by atoms with Crippen molar-refractivity contribution in [2.75, 3.05) is 0 Å². The number of hydrogen-bond donors (Lipinski definition) is 1. The van der Waals surface area contributed by atoms with Crippen LogP contribution in [0.25, 0.3) is 0 Å². The summed E-state index contributed by atoms with van der Waals surface area (Å²) in [5, 5.41) is 10.4. The Hall–Kier alpha value is -2.47. The van der Waals surface area contributed by atoms with Crippen LogP contribution in [0.2, 0.25) is 0 Å². The molecule has 1 saturated carbocycles. The lowest BCUT2D eigenvalue weighted by Crippen LogP contribution is -2.42. The van der Waals surface area contributed by atoms with Crippen molar-refractivity contribution in [3.8, 4) is 0 Å². The summed E-state index contributed by atoms with van der Waals surface area (Å²) in [5.41, 5.74) is 2.24. The standard InChI is InChI=1S/C25H33N3O3/c1-4-27-24(30)22-19(13-17-9-6-5-7-10-17)20(14-18-11-8-12-21(18)29)26-23(22)28(25(27)31)15-16(2)3/h5-7,9-10,16,18-19,21,29H,4,8,11-15H2,1-3H3. The molecule has 166 valence electrons. The zero-order valence-corrected chi connectivity index (χ0v) is 18.8. The van der Waals surface area contributed by atoms with Gasteiger partial charge in [0.15, 0.2) is 0 Å². The summed E-state index contributed by atoms with van der Waals surface area (Å²) < 4.78 is 3.04. The molecule has 6 heteroatoms. The largest absolute Gasteiger partial charge is 0.393 e. The van der Waals surface area contributed by atoms with Crippen LogP contribution in [0.5, 0.6) is 0 Å². The van der Waals surface area contributed by atoms with Gasteiger partial charge in [-0.2, -0.15) is 0 Å². The minimum atomic E-state index is -0.311. The SMILES string of the molecule is CCn1c(=O)c2c(n(CC(C)C)c1=O)N=C(CC1CCCC1O)C2Cc1ccccc1. The maximum Gasteiger partial charge on any atom is 0.332 e. The smallest absolute Gasteiger partial charge is 0.332 e. The first kappa shape index (κ1) is 21.8. The highest BCUT2D eigenvalue weighted by Crippen LogP contribution is 2.39. The Morgan fingerprint density at radius 1 is 1.10 bits per heavy atom. The average molecular weight is 424 g/mol. The Labute approximate surface area is 183 Å². The molecule has 0 amide bonds. The van der Waals surface area contributed by atoms with Gasteiger partial charge in [-0.15, -0.1) is 0 Å². The molecule has 0 spiro atoms. The van der Waals surface area contributed by atoms with Crippen LogP contribution in [-0.4, -0.2) is 26.1 Å². The third-order valence-corrected chi connectivity index (χ3v) is 6.67. The van der Waals surface area contributed by atoms with Crippen molar-refractivity contribution in [1.82, 2.24) is 9.13 Å². The Morgan fingerprint density at radius 3 is 2.45 bits per heavy atom. The highest BCUT2D eigenvalue weighted by molar-refractivity contribution is 5.97. The van der Waals surface area contributed by atoms with Crippen LogP contribution in [0.3, 0.4) is 0 Å². The van der Waals surface area contributed by atoms with Crippen LogP contribution in [-0.2, 0) is 19.5 Å². The fourth-order valence-corrected chi connectivity index (χ4v) is 5.11. The molecular weight excluding hydrogens is 390 g/mol. The van der Waals surface area contributed by atoms with Crippen LogP contribution in [0, 0.1) is 11.8 Å². The van der Waals surface area contributed by atoms with Crippen LogP contribution < -0.4 is 11.2 Å². The summed E-state index contributed by atoms with van der Waals surface area (Å²) >= 11 is 0. The van der Waals surface area contributed by atoms with Crippen molar-refractivity contribution in [1.29, 1.82) is 0 Å². The van der Waals surface area contributed by atoms with Crippen molar-refractivity contribution in [3.05, 3.63) is 62.3 Å². The van der Waals surface area contributed by atoms with Gasteiger partial charge in [-0.1, -0.05) is 50.6 Å². The molecule has 1 aromatic carbocycles. The van der Waals surface area contributed by atoms with Gasteiger partial charge in [-0.05, 0) is 50.0 Å².